The third kappa shape index (κ3) is 5.37. The molecule has 0 radical (unpaired) electrons. The van der Waals surface area contributed by atoms with Crippen LogP contribution in [-0.4, -0.2) is 38.9 Å². The summed E-state index contributed by atoms with van der Waals surface area (Å²) in [7, 11) is -4.31. The first-order valence-corrected chi connectivity index (χ1v) is 10.8. The predicted octanol–water partition coefficient (Wildman–Crippen LogP) is 4.16. The van der Waals surface area contributed by atoms with E-state index in [4.69, 9.17) is 16.3 Å². The molecule has 6 nitrogen and oxygen atoms in total. The molecule has 1 aliphatic rings. The molecule has 1 heterocycles. The van der Waals surface area contributed by atoms with E-state index in [2.05, 4.69) is 4.72 Å². The summed E-state index contributed by atoms with van der Waals surface area (Å²) in [5, 5.41) is -0.598. The van der Waals surface area contributed by atoms with Crippen LogP contribution in [0.4, 0.5) is 18.9 Å². The van der Waals surface area contributed by atoms with Crippen molar-refractivity contribution >= 4 is 33.2 Å². The van der Waals surface area contributed by atoms with Crippen LogP contribution in [0.3, 0.4) is 0 Å². The summed E-state index contributed by atoms with van der Waals surface area (Å²) >= 11 is 5.54. The Morgan fingerprint density at radius 1 is 1.13 bits per heavy atom. The van der Waals surface area contributed by atoms with Crippen molar-refractivity contribution in [1.82, 2.24) is 4.90 Å². The zero-order valence-corrected chi connectivity index (χ0v) is 17.1. The van der Waals surface area contributed by atoms with Gasteiger partial charge in [0.25, 0.3) is 15.9 Å². The molecule has 30 heavy (non-hydrogen) atoms. The van der Waals surface area contributed by atoms with E-state index in [1.807, 2.05) is 0 Å². The van der Waals surface area contributed by atoms with E-state index in [1.54, 1.807) is 11.0 Å². The topological polar surface area (TPSA) is 75.7 Å². The summed E-state index contributed by atoms with van der Waals surface area (Å²) in [6, 6.07) is 8.12. The van der Waals surface area contributed by atoms with E-state index in [0.29, 0.717) is 19.2 Å². The Kier molecular flexibility index (Phi) is 6.47. The lowest BCUT2D eigenvalue weighted by molar-refractivity contribution is -0.137. The summed E-state index contributed by atoms with van der Waals surface area (Å²) in [5.41, 5.74) is -1.17. The molecule has 0 unspecified atom stereocenters. The first-order chi connectivity index (χ1) is 14.1. The maximum atomic E-state index is 13.0. The van der Waals surface area contributed by atoms with Gasteiger partial charge in [-0.1, -0.05) is 17.7 Å². The molecule has 0 spiro atoms. The number of hydrogen-bond donors (Lipinski definition) is 1. The minimum Gasteiger partial charge on any atom is -0.484 e. The highest BCUT2D eigenvalue weighted by atomic mass is 35.5. The Hall–Kier alpha value is -2.46. The number of hydrogen-bond acceptors (Lipinski definition) is 4. The van der Waals surface area contributed by atoms with Crippen molar-refractivity contribution in [3.63, 3.8) is 0 Å². The van der Waals surface area contributed by atoms with E-state index >= 15 is 0 Å². The Morgan fingerprint density at radius 2 is 1.83 bits per heavy atom. The minimum absolute atomic E-state index is 0.0737. The molecule has 1 amide bonds. The first-order valence-electron chi connectivity index (χ1n) is 8.96. The van der Waals surface area contributed by atoms with Crippen LogP contribution in [0.25, 0.3) is 0 Å². The van der Waals surface area contributed by atoms with Crippen LogP contribution in [0.1, 0.15) is 18.4 Å². The van der Waals surface area contributed by atoms with Gasteiger partial charge < -0.3 is 9.64 Å². The highest BCUT2D eigenvalue weighted by molar-refractivity contribution is 7.92. The van der Waals surface area contributed by atoms with Gasteiger partial charge in [-0.15, -0.1) is 0 Å². The van der Waals surface area contributed by atoms with Crippen molar-refractivity contribution in [3.8, 4) is 5.75 Å². The molecule has 2 aromatic rings. The quantitative estimate of drug-likeness (QED) is 0.699. The molecule has 0 aromatic heterocycles. The molecule has 0 saturated carbocycles. The van der Waals surface area contributed by atoms with Crippen LogP contribution in [0.15, 0.2) is 47.4 Å². The Bertz CT molecular complexity index is 1040. The van der Waals surface area contributed by atoms with Gasteiger partial charge in [0.15, 0.2) is 6.61 Å². The summed E-state index contributed by atoms with van der Waals surface area (Å²) < 4.78 is 71.7. The van der Waals surface area contributed by atoms with Crippen molar-refractivity contribution in [2.75, 3.05) is 24.4 Å². The second-order valence-electron chi connectivity index (χ2n) is 6.65. The number of amides is 1. The third-order valence-corrected chi connectivity index (χ3v) is 6.17. The second-order valence-corrected chi connectivity index (χ2v) is 8.74. The molecule has 0 atom stereocenters. The summed E-state index contributed by atoms with van der Waals surface area (Å²) in [6.07, 6.45) is -2.90. The maximum Gasteiger partial charge on any atom is 0.417 e. The number of nitrogens with zero attached hydrogens (tertiary/aromatic N) is 1. The molecule has 1 N–H and O–H groups in total. The van der Waals surface area contributed by atoms with E-state index in [1.165, 1.54) is 18.2 Å². The molecule has 11 heteroatoms. The zero-order chi connectivity index (χ0) is 21.9. The van der Waals surface area contributed by atoms with Gasteiger partial charge in [-0.05, 0) is 43.2 Å². The van der Waals surface area contributed by atoms with E-state index in [0.717, 1.165) is 25.0 Å². The Labute approximate surface area is 176 Å². The minimum atomic E-state index is -4.79. The van der Waals surface area contributed by atoms with E-state index < -0.39 is 31.7 Å². The van der Waals surface area contributed by atoms with E-state index in [-0.39, 0.29) is 24.0 Å². The number of anilines is 1. The number of ether oxygens (including phenoxy) is 1. The second kappa shape index (κ2) is 8.73. The molecule has 0 aliphatic carbocycles. The Morgan fingerprint density at radius 3 is 2.50 bits per heavy atom. The molecule has 0 bridgehead atoms. The van der Waals surface area contributed by atoms with Gasteiger partial charge in [0, 0.05) is 19.2 Å². The van der Waals surface area contributed by atoms with Crippen molar-refractivity contribution < 1.29 is 31.1 Å². The van der Waals surface area contributed by atoms with Gasteiger partial charge in [-0.25, -0.2) is 8.42 Å². The Balaban J connectivity index is 1.73. The number of alkyl halides is 3. The lowest BCUT2D eigenvalue weighted by Crippen LogP contribution is -2.32. The van der Waals surface area contributed by atoms with Crippen LogP contribution in [0.5, 0.6) is 5.75 Å². The predicted molar refractivity (Wildman–Crippen MR) is 105 cm³/mol. The number of carbonyl (C=O) groups is 1. The molecular weight excluding hydrogens is 445 g/mol. The van der Waals surface area contributed by atoms with E-state index in [9.17, 15) is 26.4 Å². The molecule has 1 saturated heterocycles. The molecule has 3 rings (SSSR count). The number of rotatable bonds is 6. The van der Waals surface area contributed by atoms with Gasteiger partial charge in [-0.3, -0.25) is 9.52 Å². The summed E-state index contributed by atoms with van der Waals surface area (Å²) in [6.45, 7) is 1.18. The van der Waals surface area contributed by atoms with Gasteiger partial charge in [0.05, 0.1) is 21.2 Å². The standard InChI is InChI=1S/C19H18ClF3N2O4S/c20-17-7-6-15(11-16(17)19(21,22)23)30(27,28)24-13-4-3-5-14(10-13)29-12-18(26)25-8-1-2-9-25/h3-7,10-11,24H,1-2,8-9,12H2. The highest BCUT2D eigenvalue weighted by Crippen LogP contribution is 2.36. The molecule has 2 aromatic carbocycles. The van der Waals surface area contributed by atoms with Crippen molar-refractivity contribution in [3.05, 3.63) is 53.1 Å². The number of benzene rings is 2. The SMILES string of the molecule is O=C(COc1cccc(NS(=O)(=O)c2ccc(Cl)c(C(F)(F)F)c2)c1)N1CCCC1. The van der Waals surface area contributed by atoms with Crippen molar-refractivity contribution in [1.29, 1.82) is 0 Å². The third-order valence-electron chi connectivity index (χ3n) is 4.46. The number of carbonyl (C=O) groups excluding carboxylic acids is 1. The van der Waals surface area contributed by atoms with Gasteiger partial charge in [0.2, 0.25) is 0 Å². The number of nitrogens with one attached hydrogen (secondary N) is 1. The summed E-state index contributed by atoms with van der Waals surface area (Å²) in [5.74, 6) is 0.0779. The molecular formula is C19H18ClF3N2O4S. The van der Waals surface area contributed by atoms with Crippen LogP contribution < -0.4 is 9.46 Å². The largest absolute Gasteiger partial charge is 0.484 e. The zero-order valence-electron chi connectivity index (χ0n) is 15.6. The van der Waals surface area contributed by atoms with Crippen molar-refractivity contribution in [2.24, 2.45) is 0 Å². The molecule has 162 valence electrons. The van der Waals surface area contributed by atoms with Gasteiger partial charge in [-0.2, -0.15) is 13.2 Å². The van der Waals surface area contributed by atoms with Crippen LogP contribution >= 0.6 is 11.6 Å². The number of sulfonamides is 1. The lowest BCUT2D eigenvalue weighted by Gasteiger charge is -2.16. The van der Waals surface area contributed by atoms with Crippen LogP contribution in [0.2, 0.25) is 5.02 Å². The van der Waals surface area contributed by atoms with Crippen LogP contribution in [0, 0.1) is 0 Å². The van der Waals surface area contributed by atoms with Crippen molar-refractivity contribution in [2.45, 2.75) is 23.9 Å². The monoisotopic (exact) mass is 462 g/mol. The van der Waals surface area contributed by atoms with Crippen LogP contribution in [-0.2, 0) is 21.0 Å². The fourth-order valence-electron chi connectivity index (χ4n) is 2.96. The lowest BCUT2D eigenvalue weighted by atomic mass is 10.2. The molecule has 1 fully saturated rings. The maximum absolute atomic E-state index is 13.0. The smallest absolute Gasteiger partial charge is 0.417 e. The fourth-order valence-corrected chi connectivity index (χ4v) is 4.26. The van der Waals surface area contributed by atoms with Gasteiger partial charge >= 0.3 is 6.18 Å². The highest BCUT2D eigenvalue weighted by Gasteiger charge is 2.34. The first kappa shape index (κ1) is 22.2. The average molecular weight is 463 g/mol. The normalized spacial score (nSPS) is 14.6. The molecule has 1 aliphatic heterocycles. The summed E-state index contributed by atoms with van der Waals surface area (Å²) in [4.78, 5) is 13.1. The average Bonchev–Trinajstić information content (AvgIpc) is 3.20. The fraction of sp³-hybridized carbons (Fsp3) is 0.316. The van der Waals surface area contributed by atoms with Gasteiger partial charge in [0.1, 0.15) is 5.75 Å². The number of likely N-dealkylation sites (tertiary alicyclic amines) is 1. The number of halogens is 4.